The van der Waals surface area contributed by atoms with E-state index >= 15 is 0 Å². The van der Waals surface area contributed by atoms with Gasteiger partial charge in [0.25, 0.3) is 0 Å². The number of aromatic nitrogens is 2. The Morgan fingerprint density at radius 2 is 1.88 bits per heavy atom. The number of aryl methyl sites for hydroxylation is 1. The van der Waals surface area contributed by atoms with Crippen LogP contribution in [-0.2, 0) is 11.2 Å². The van der Waals surface area contributed by atoms with Gasteiger partial charge >= 0.3 is 12.0 Å². The summed E-state index contributed by atoms with van der Waals surface area (Å²) < 4.78 is 17.3. The van der Waals surface area contributed by atoms with Crippen molar-refractivity contribution in [2.24, 2.45) is 4.99 Å². The Hall–Kier alpha value is -4.72. The van der Waals surface area contributed by atoms with Crippen LogP contribution in [0.15, 0.2) is 59.7 Å². The maximum Gasteiger partial charge on any atom is 0.319 e. The van der Waals surface area contributed by atoms with Gasteiger partial charge in [-0.25, -0.2) is 4.98 Å². The van der Waals surface area contributed by atoms with E-state index < -0.39 is 5.97 Å². The largest absolute Gasteiger partial charge is 0.493 e. The molecule has 0 radical (unpaired) electrons. The molecule has 1 N–H and O–H groups in total. The van der Waals surface area contributed by atoms with Crippen LogP contribution in [0.25, 0.3) is 38.6 Å². The fraction of sp³-hybridized carbons (Fsp3) is 0.273. The monoisotopic (exact) mass is 551 g/mol. The lowest BCUT2D eigenvalue weighted by molar-refractivity contribution is -0.136. The Kier molecular flexibility index (Phi) is 8.29. The highest BCUT2D eigenvalue weighted by molar-refractivity contribution is 6.03. The van der Waals surface area contributed by atoms with Crippen molar-refractivity contribution in [2.45, 2.75) is 33.6 Å². The summed E-state index contributed by atoms with van der Waals surface area (Å²) in [5, 5.41) is 11.8. The van der Waals surface area contributed by atoms with E-state index in [1.165, 1.54) is 0 Å². The summed E-state index contributed by atoms with van der Waals surface area (Å²) in [5.74, 6) is 0.391. The molecule has 0 atom stereocenters. The summed E-state index contributed by atoms with van der Waals surface area (Å²) in [7, 11) is 1.75. The Morgan fingerprint density at radius 1 is 1.07 bits per heavy atom. The van der Waals surface area contributed by atoms with Gasteiger partial charge in [-0.1, -0.05) is 24.3 Å². The van der Waals surface area contributed by atoms with Gasteiger partial charge in [0.15, 0.2) is 0 Å². The summed E-state index contributed by atoms with van der Waals surface area (Å²) >= 11 is 0. The van der Waals surface area contributed by atoms with Crippen LogP contribution in [0, 0.1) is 6.92 Å². The first-order valence-electron chi connectivity index (χ1n) is 13.7. The SMILES string of the molecule is CCOc1ncc(-c2ccc3c(-c4ccc5c(c4)/C(=C\C=NC)CCO5)c(CC(=O)O)c(C)cc3c2)c(OCC)n1. The first kappa shape index (κ1) is 27.8. The number of aliphatic carboxylic acids is 1. The van der Waals surface area contributed by atoms with Crippen LogP contribution in [-0.4, -0.2) is 54.1 Å². The van der Waals surface area contributed by atoms with E-state index in [0.29, 0.717) is 25.7 Å². The molecule has 5 rings (SSSR count). The van der Waals surface area contributed by atoms with Crippen molar-refractivity contribution in [2.75, 3.05) is 26.9 Å². The number of carbonyl (C=O) groups is 1. The first-order chi connectivity index (χ1) is 19.9. The van der Waals surface area contributed by atoms with E-state index in [1.54, 1.807) is 19.5 Å². The third kappa shape index (κ3) is 5.77. The number of carboxylic acid groups (broad SMARTS) is 1. The number of rotatable bonds is 9. The molecule has 0 bridgehead atoms. The van der Waals surface area contributed by atoms with Crippen LogP contribution >= 0.6 is 0 Å². The van der Waals surface area contributed by atoms with Gasteiger partial charge in [-0.2, -0.15) is 4.98 Å². The minimum atomic E-state index is -0.876. The molecule has 1 aliphatic heterocycles. The van der Waals surface area contributed by atoms with E-state index in [0.717, 1.165) is 67.5 Å². The average molecular weight is 552 g/mol. The molecule has 41 heavy (non-hydrogen) atoms. The Bertz CT molecular complexity index is 1680. The van der Waals surface area contributed by atoms with Crippen LogP contribution in [0.3, 0.4) is 0 Å². The molecule has 3 aromatic carbocycles. The minimum absolute atomic E-state index is 0.0845. The van der Waals surface area contributed by atoms with Gasteiger partial charge in [0, 0.05) is 31.4 Å². The van der Waals surface area contributed by atoms with Crippen LogP contribution in [0.5, 0.6) is 17.6 Å². The van der Waals surface area contributed by atoms with Gasteiger partial charge < -0.3 is 19.3 Å². The van der Waals surface area contributed by atoms with Gasteiger partial charge in [-0.05, 0) is 89.2 Å². The lowest BCUT2D eigenvalue weighted by atomic mass is 9.86. The molecule has 0 saturated carbocycles. The zero-order chi connectivity index (χ0) is 28.9. The number of carboxylic acids is 1. The molecule has 4 aromatic rings. The summed E-state index contributed by atoms with van der Waals surface area (Å²) in [6.07, 6.45) is 6.21. The third-order valence-electron chi connectivity index (χ3n) is 7.06. The predicted molar refractivity (Wildman–Crippen MR) is 161 cm³/mol. The number of aliphatic imine (C=N–C) groups is 1. The van der Waals surface area contributed by atoms with Crippen LogP contribution in [0.4, 0.5) is 0 Å². The van der Waals surface area contributed by atoms with Crippen LogP contribution < -0.4 is 14.2 Å². The molecular weight excluding hydrogens is 518 g/mol. The minimum Gasteiger partial charge on any atom is -0.493 e. The highest BCUT2D eigenvalue weighted by Gasteiger charge is 2.21. The molecule has 0 amide bonds. The van der Waals surface area contributed by atoms with Gasteiger partial charge in [0.1, 0.15) is 5.75 Å². The van der Waals surface area contributed by atoms with Gasteiger partial charge in [0.2, 0.25) is 5.88 Å². The topological polar surface area (TPSA) is 103 Å². The van der Waals surface area contributed by atoms with Gasteiger partial charge in [-0.3, -0.25) is 9.79 Å². The Morgan fingerprint density at radius 3 is 2.63 bits per heavy atom. The smallest absolute Gasteiger partial charge is 0.319 e. The summed E-state index contributed by atoms with van der Waals surface area (Å²) in [6.45, 7) is 7.27. The van der Waals surface area contributed by atoms with E-state index in [2.05, 4.69) is 27.1 Å². The summed E-state index contributed by atoms with van der Waals surface area (Å²) in [5.41, 5.74) is 7.31. The molecule has 0 saturated heterocycles. The molecule has 0 unspecified atom stereocenters. The predicted octanol–water partition coefficient (Wildman–Crippen LogP) is 6.56. The molecule has 1 aliphatic rings. The fourth-order valence-electron chi connectivity index (χ4n) is 5.27. The van der Waals surface area contributed by atoms with Crippen molar-refractivity contribution in [3.8, 4) is 39.9 Å². The number of nitrogens with zero attached hydrogens (tertiary/aromatic N) is 3. The zero-order valence-corrected chi connectivity index (χ0v) is 23.7. The van der Waals surface area contributed by atoms with Gasteiger partial charge in [0.05, 0.1) is 31.8 Å². The van der Waals surface area contributed by atoms with Crippen LogP contribution in [0.2, 0.25) is 0 Å². The van der Waals surface area contributed by atoms with Crippen molar-refractivity contribution >= 4 is 28.5 Å². The second kappa shape index (κ2) is 12.2. The Balaban J connectivity index is 1.70. The number of fused-ring (bicyclic) bond motifs is 2. The second-order valence-electron chi connectivity index (χ2n) is 9.70. The number of benzene rings is 3. The van der Waals surface area contributed by atoms with E-state index in [4.69, 9.17) is 14.2 Å². The molecule has 1 aromatic heterocycles. The van der Waals surface area contributed by atoms with Crippen molar-refractivity contribution in [1.82, 2.24) is 9.97 Å². The maximum absolute atomic E-state index is 12.0. The molecule has 210 valence electrons. The van der Waals surface area contributed by atoms with Crippen molar-refractivity contribution in [3.05, 3.63) is 71.4 Å². The first-order valence-corrected chi connectivity index (χ1v) is 13.7. The second-order valence-corrected chi connectivity index (χ2v) is 9.70. The number of allylic oxidation sites excluding steroid dienone is 1. The molecule has 0 fully saturated rings. The zero-order valence-electron chi connectivity index (χ0n) is 23.7. The normalized spacial score (nSPS) is 13.8. The third-order valence-corrected chi connectivity index (χ3v) is 7.06. The van der Waals surface area contributed by atoms with E-state index in [9.17, 15) is 9.90 Å². The average Bonchev–Trinajstić information content (AvgIpc) is 2.96. The summed E-state index contributed by atoms with van der Waals surface area (Å²) in [4.78, 5) is 24.9. The van der Waals surface area contributed by atoms with E-state index in [1.807, 2.05) is 57.2 Å². The molecule has 8 nitrogen and oxygen atoms in total. The number of hydrogen-bond donors (Lipinski definition) is 1. The molecule has 0 aliphatic carbocycles. The Labute approximate surface area is 239 Å². The van der Waals surface area contributed by atoms with E-state index in [-0.39, 0.29) is 12.4 Å². The van der Waals surface area contributed by atoms with Crippen molar-refractivity contribution in [3.63, 3.8) is 0 Å². The molecule has 2 heterocycles. The highest BCUT2D eigenvalue weighted by atomic mass is 16.5. The van der Waals surface area contributed by atoms with Crippen LogP contribution in [0.1, 0.15) is 37.0 Å². The number of hydrogen-bond acceptors (Lipinski definition) is 7. The van der Waals surface area contributed by atoms with Gasteiger partial charge in [-0.15, -0.1) is 0 Å². The lowest BCUT2D eigenvalue weighted by Crippen LogP contribution is -2.09. The molecular formula is C33H33N3O5. The number of ether oxygens (including phenoxy) is 3. The highest BCUT2D eigenvalue weighted by Crippen LogP contribution is 2.42. The standard InChI is InChI=1S/C33H33N3O5/c1-5-39-32-28(19-35-33(36-32)40-6-2)22-7-9-25-24(16-22)15-20(3)26(18-30(37)38)31(25)23-8-10-29-27(17-23)21(11-13-34-4)12-14-41-29/h7-11,13,15-17,19H,5-6,12,14,18H2,1-4H3,(H,37,38)/b21-11-,34-13?. The maximum atomic E-state index is 12.0. The van der Waals surface area contributed by atoms with Crippen molar-refractivity contribution in [1.29, 1.82) is 0 Å². The lowest BCUT2D eigenvalue weighted by Gasteiger charge is -2.22. The summed E-state index contributed by atoms with van der Waals surface area (Å²) in [6, 6.07) is 14.5. The molecule has 8 heteroatoms. The fourth-order valence-corrected chi connectivity index (χ4v) is 5.27. The van der Waals surface area contributed by atoms with Crippen molar-refractivity contribution < 1.29 is 24.1 Å². The quantitative estimate of drug-likeness (QED) is 0.235. The molecule has 0 spiro atoms.